The number of benzene rings is 1. The van der Waals surface area contributed by atoms with Crippen LogP contribution in [0.15, 0.2) is 24.3 Å². The fraction of sp³-hybridized carbons (Fsp3) is 0.538. The summed E-state index contributed by atoms with van der Waals surface area (Å²) in [6.45, 7) is 4.50. The van der Waals surface area contributed by atoms with Crippen LogP contribution in [0.4, 0.5) is 0 Å². The maximum absolute atomic E-state index is 9.30. The smallest absolute Gasteiger partial charge is 0.115 e. The van der Waals surface area contributed by atoms with Gasteiger partial charge in [0.2, 0.25) is 0 Å². The Balaban J connectivity index is 2.43. The quantitative estimate of drug-likeness (QED) is 0.753. The van der Waals surface area contributed by atoms with Crippen LogP contribution in [-0.2, 0) is 6.42 Å². The summed E-state index contributed by atoms with van der Waals surface area (Å²) in [6, 6.07) is 7.59. The van der Waals surface area contributed by atoms with E-state index in [1.807, 2.05) is 12.1 Å². The summed E-state index contributed by atoms with van der Waals surface area (Å²) in [6.07, 6.45) is 4.94. The Bertz CT molecular complexity index is 268. The molecule has 0 aliphatic heterocycles. The molecule has 0 radical (unpaired) electrons. The molecule has 0 spiro atoms. The molecule has 0 saturated heterocycles. The molecule has 0 fully saturated rings. The first-order chi connectivity index (χ1) is 6.72. The fourth-order valence-corrected chi connectivity index (χ4v) is 1.74. The molecule has 1 rings (SSSR count). The molecule has 14 heavy (non-hydrogen) atoms. The van der Waals surface area contributed by atoms with Crippen molar-refractivity contribution in [2.24, 2.45) is 5.92 Å². The van der Waals surface area contributed by atoms with Gasteiger partial charge >= 0.3 is 0 Å². The summed E-state index contributed by atoms with van der Waals surface area (Å²) in [5.74, 6) is 1.10. The molecule has 1 N–H and O–H groups in total. The third kappa shape index (κ3) is 3.82. The summed E-state index contributed by atoms with van der Waals surface area (Å²) in [4.78, 5) is 0. The first-order valence-corrected chi connectivity index (χ1v) is 5.50. The van der Waals surface area contributed by atoms with Crippen molar-refractivity contribution in [3.8, 4) is 5.75 Å². The van der Waals surface area contributed by atoms with Crippen molar-refractivity contribution in [1.82, 2.24) is 0 Å². The Morgan fingerprint density at radius 2 is 2.14 bits per heavy atom. The van der Waals surface area contributed by atoms with E-state index < -0.39 is 0 Å². The summed E-state index contributed by atoms with van der Waals surface area (Å²) in [7, 11) is 0. The summed E-state index contributed by atoms with van der Waals surface area (Å²) in [5.41, 5.74) is 1.24. The largest absolute Gasteiger partial charge is 0.508 e. The zero-order chi connectivity index (χ0) is 10.4. The molecule has 0 saturated carbocycles. The van der Waals surface area contributed by atoms with Crippen LogP contribution in [0.2, 0.25) is 0 Å². The van der Waals surface area contributed by atoms with Gasteiger partial charge in [-0.15, -0.1) is 0 Å². The molecule has 1 heteroatoms. The van der Waals surface area contributed by atoms with Crippen LogP contribution in [0.1, 0.15) is 38.7 Å². The maximum atomic E-state index is 9.30. The number of rotatable bonds is 5. The van der Waals surface area contributed by atoms with Gasteiger partial charge < -0.3 is 5.11 Å². The van der Waals surface area contributed by atoms with Crippen LogP contribution >= 0.6 is 0 Å². The van der Waals surface area contributed by atoms with E-state index in [2.05, 4.69) is 19.9 Å². The molecular weight excluding hydrogens is 172 g/mol. The average molecular weight is 192 g/mol. The van der Waals surface area contributed by atoms with Crippen molar-refractivity contribution in [2.75, 3.05) is 0 Å². The van der Waals surface area contributed by atoms with E-state index in [4.69, 9.17) is 0 Å². The standard InChI is InChI=1S/C13H20O/c1-3-4-6-11(2)9-12-7-5-8-13(14)10-12/h5,7-8,10-11,14H,3-4,6,9H2,1-2H3. The molecule has 1 unspecified atom stereocenters. The Kier molecular flexibility index (Phi) is 4.51. The van der Waals surface area contributed by atoms with Crippen molar-refractivity contribution in [3.05, 3.63) is 29.8 Å². The zero-order valence-electron chi connectivity index (χ0n) is 9.16. The second-order valence-electron chi connectivity index (χ2n) is 4.12. The second kappa shape index (κ2) is 5.69. The molecule has 78 valence electrons. The lowest BCUT2D eigenvalue weighted by molar-refractivity contribution is 0.471. The zero-order valence-corrected chi connectivity index (χ0v) is 9.16. The van der Waals surface area contributed by atoms with Gasteiger partial charge in [-0.2, -0.15) is 0 Å². The number of hydrogen-bond acceptors (Lipinski definition) is 1. The lowest BCUT2D eigenvalue weighted by Gasteiger charge is -2.10. The highest BCUT2D eigenvalue weighted by atomic mass is 16.3. The predicted octanol–water partition coefficient (Wildman–Crippen LogP) is 3.76. The summed E-state index contributed by atoms with van der Waals surface area (Å²) < 4.78 is 0. The average Bonchev–Trinajstić information content (AvgIpc) is 2.15. The highest BCUT2D eigenvalue weighted by Crippen LogP contribution is 2.17. The normalized spacial score (nSPS) is 12.7. The minimum atomic E-state index is 0.380. The van der Waals surface area contributed by atoms with Crippen LogP contribution in [0, 0.1) is 5.92 Å². The number of phenolic OH excluding ortho intramolecular Hbond substituents is 1. The lowest BCUT2D eigenvalue weighted by atomic mass is 9.96. The Hall–Kier alpha value is -0.980. The van der Waals surface area contributed by atoms with E-state index in [9.17, 15) is 5.11 Å². The third-order valence-corrected chi connectivity index (χ3v) is 2.55. The molecule has 0 aromatic heterocycles. The minimum absolute atomic E-state index is 0.380. The molecule has 1 nitrogen and oxygen atoms in total. The number of aromatic hydroxyl groups is 1. The van der Waals surface area contributed by atoms with E-state index in [1.165, 1.54) is 24.8 Å². The van der Waals surface area contributed by atoms with E-state index in [0.717, 1.165) is 12.3 Å². The van der Waals surface area contributed by atoms with Gasteiger partial charge in [-0.1, -0.05) is 45.2 Å². The molecule has 1 aromatic rings. The Labute approximate surface area is 86.8 Å². The van der Waals surface area contributed by atoms with Crippen molar-refractivity contribution >= 4 is 0 Å². The number of phenols is 1. The van der Waals surface area contributed by atoms with Crippen LogP contribution in [0.3, 0.4) is 0 Å². The molecule has 1 atom stereocenters. The van der Waals surface area contributed by atoms with E-state index in [-0.39, 0.29) is 0 Å². The van der Waals surface area contributed by atoms with Crippen LogP contribution in [0.25, 0.3) is 0 Å². The van der Waals surface area contributed by atoms with Gasteiger partial charge in [0.15, 0.2) is 0 Å². The monoisotopic (exact) mass is 192 g/mol. The van der Waals surface area contributed by atoms with Crippen molar-refractivity contribution < 1.29 is 5.11 Å². The second-order valence-corrected chi connectivity index (χ2v) is 4.12. The van der Waals surface area contributed by atoms with Crippen LogP contribution < -0.4 is 0 Å². The topological polar surface area (TPSA) is 20.2 Å². The SMILES string of the molecule is CCCCC(C)Cc1cccc(O)c1. The molecule has 0 aliphatic carbocycles. The fourth-order valence-electron chi connectivity index (χ4n) is 1.74. The number of hydrogen-bond donors (Lipinski definition) is 1. The first-order valence-electron chi connectivity index (χ1n) is 5.50. The molecule has 1 aromatic carbocycles. The van der Waals surface area contributed by atoms with Crippen molar-refractivity contribution in [2.45, 2.75) is 39.5 Å². The summed E-state index contributed by atoms with van der Waals surface area (Å²) in [5, 5.41) is 9.30. The lowest BCUT2D eigenvalue weighted by Crippen LogP contribution is -1.99. The highest BCUT2D eigenvalue weighted by molar-refractivity contribution is 5.27. The van der Waals surface area contributed by atoms with Gasteiger partial charge in [-0.25, -0.2) is 0 Å². The molecule has 0 heterocycles. The van der Waals surface area contributed by atoms with Crippen LogP contribution in [0.5, 0.6) is 5.75 Å². The minimum Gasteiger partial charge on any atom is -0.508 e. The first kappa shape index (κ1) is 11.1. The van der Waals surface area contributed by atoms with Crippen molar-refractivity contribution in [1.29, 1.82) is 0 Å². The maximum Gasteiger partial charge on any atom is 0.115 e. The molecular formula is C13H20O. The van der Waals surface area contributed by atoms with E-state index >= 15 is 0 Å². The van der Waals surface area contributed by atoms with Gasteiger partial charge in [0.25, 0.3) is 0 Å². The van der Waals surface area contributed by atoms with Gasteiger partial charge in [0.05, 0.1) is 0 Å². The van der Waals surface area contributed by atoms with Crippen LogP contribution in [-0.4, -0.2) is 5.11 Å². The van der Waals surface area contributed by atoms with Gasteiger partial charge in [-0.3, -0.25) is 0 Å². The molecule has 0 aliphatic rings. The Morgan fingerprint density at radius 3 is 2.79 bits per heavy atom. The van der Waals surface area contributed by atoms with Gasteiger partial charge in [0, 0.05) is 0 Å². The molecule has 0 bridgehead atoms. The summed E-state index contributed by atoms with van der Waals surface area (Å²) >= 11 is 0. The number of unbranched alkanes of at least 4 members (excludes halogenated alkanes) is 1. The van der Waals surface area contributed by atoms with E-state index in [0.29, 0.717) is 5.75 Å². The van der Waals surface area contributed by atoms with E-state index in [1.54, 1.807) is 6.07 Å². The highest BCUT2D eigenvalue weighted by Gasteiger charge is 2.03. The predicted molar refractivity (Wildman–Crippen MR) is 60.5 cm³/mol. The third-order valence-electron chi connectivity index (χ3n) is 2.55. The Morgan fingerprint density at radius 1 is 1.36 bits per heavy atom. The van der Waals surface area contributed by atoms with Gasteiger partial charge in [-0.05, 0) is 30.0 Å². The van der Waals surface area contributed by atoms with Crippen molar-refractivity contribution in [3.63, 3.8) is 0 Å². The molecule has 0 amide bonds. The van der Waals surface area contributed by atoms with Gasteiger partial charge in [0.1, 0.15) is 5.75 Å².